The van der Waals surface area contributed by atoms with E-state index in [9.17, 15) is 29.4 Å². The van der Waals surface area contributed by atoms with Gasteiger partial charge >= 0.3 is 23.9 Å². The number of cyclic esters (lactones) is 2. The van der Waals surface area contributed by atoms with Crippen molar-refractivity contribution in [2.75, 3.05) is 0 Å². The van der Waals surface area contributed by atoms with Crippen LogP contribution in [0.1, 0.15) is 41.4 Å². The Kier molecular flexibility index (Phi) is 3.18. The van der Waals surface area contributed by atoms with Crippen LogP contribution in [-0.4, -0.2) is 34.1 Å². The number of rotatable bonds is 3. The van der Waals surface area contributed by atoms with Gasteiger partial charge in [0.2, 0.25) is 0 Å². The van der Waals surface area contributed by atoms with Crippen molar-refractivity contribution < 1.29 is 34.1 Å². The van der Waals surface area contributed by atoms with Gasteiger partial charge in [0.25, 0.3) is 0 Å². The maximum absolute atomic E-state index is 11.9. The van der Waals surface area contributed by atoms with E-state index in [2.05, 4.69) is 4.74 Å². The molecule has 0 aliphatic carbocycles. The first-order valence-electron chi connectivity index (χ1n) is 6.41. The standard InChI is InChI=1S/C16H8O7/c17-13(18)9-6-8(7-4-2-1-3-5-7)11-12(10(9)14(19)20)16(22)23-15(11)21/h1-6H,(H,17,18)(H,19,20). The molecule has 2 N–H and O–H groups in total. The Morgan fingerprint density at radius 1 is 0.870 bits per heavy atom. The third-order valence-electron chi connectivity index (χ3n) is 3.45. The summed E-state index contributed by atoms with van der Waals surface area (Å²) in [5.41, 5.74) is -1.48. The highest BCUT2D eigenvalue weighted by Gasteiger charge is 2.40. The van der Waals surface area contributed by atoms with Crippen LogP contribution < -0.4 is 0 Å². The van der Waals surface area contributed by atoms with Gasteiger partial charge in [-0.3, -0.25) is 0 Å². The normalized spacial score (nSPS) is 12.7. The molecule has 2 aromatic rings. The van der Waals surface area contributed by atoms with Crippen molar-refractivity contribution in [3.8, 4) is 11.1 Å². The molecule has 0 fully saturated rings. The number of carboxylic acid groups (broad SMARTS) is 2. The van der Waals surface area contributed by atoms with Crippen LogP contribution in [0.15, 0.2) is 36.4 Å². The lowest BCUT2D eigenvalue weighted by Gasteiger charge is -2.10. The fourth-order valence-corrected chi connectivity index (χ4v) is 2.52. The lowest BCUT2D eigenvalue weighted by atomic mass is 9.89. The van der Waals surface area contributed by atoms with E-state index in [1.54, 1.807) is 30.3 Å². The largest absolute Gasteiger partial charge is 0.478 e. The van der Waals surface area contributed by atoms with Gasteiger partial charge in [0.05, 0.1) is 22.3 Å². The quantitative estimate of drug-likeness (QED) is 0.657. The molecule has 0 saturated carbocycles. The molecule has 0 aromatic heterocycles. The molecule has 1 heterocycles. The highest BCUT2D eigenvalue weighted by molar-refractivity contribution is 6.23. The summed E-state index contributed by atoms with van der Waals surface area (Å²) < 4.78 is 4.49. The fraction of sp³-hybridized carbons (Fsp3) is 0. The van der Waals surface area contributed by atoms with Gasteiger partial charge in [-0.05, 0) is 17.2 Å². The average Bonchev–Trinajstić information content (AvgIpc) is 2.81. The van der Waals surface area contributed by atoms with Crippen LogP contribution in [0.4, 0.5) is 0 Å². The molecule has 0 spiro atoms. The molecule has 3 rings (SSSR count). The van der Waals surface area contributed by atoms with Crippen molar-refractivity contribution >= 4 is 23.9 Å². The summed E-state index contributed by atoms with van der Waals surface area (Å²) in [7, 11) is 0. The van der Waals surface area contributed by atoms with E-state index in [-0.39, 0.29) is 11.1 Å². The molecule has 7 nitrogen and oxygen atoms in total. The van der Waals surface area contributed by atoms with Gasteiger partial charge in [-0.25, -0.2) is 19.2 Å². The SMILES string of the molecule is O=C(O)c1cc(-c2ccccc2)c2c(c1C(=O)O)C(=O)OC2=O. The van der Waals surface area contributed by atoms with Crippen molar-refractivity contribution in [1.29, 1.82) is 0 Å². The van der Waals surface area contributed by atoms with Crippen LogP contribution in [0.2, 0.25) is 0 Å². The summed E-state index contributed by atoms with van der Waals surface area (Å²) in [6.07, 6.45) is 0. The second kappa shape index (κ2) is 5.06. The van der Waals surface area contributed by atoms with Crippen molar-refractivity contribution in [3.05, 3.63) is 58.7 Å². The summed E-state index contributed by atoms with van der Waals surface area (Å²) in [6.45, 7) is 0. The van der Waals surface area contributed by atoms with Crippen LogP contribution in [0.5, 0.6) is 0 Å². The number of aromatic carboxylic acids is 2. The van der Waals surface area contributed by atoms with Crippen LogP contribution in [-0.2, 0) is 4.74 Å². The summed E-state index contributed by atoms with van der Waals surface area (Å²) in [4.78, 5) is 46.6. The lowest BCUT2D eigenvalue weighted by molar-refractivity contribution is 0.0439. The number of carbonyl (C=O) groups is 4. The van der Waals surface area contributed by atoms with E-state index in [1.807, 2.05) is 0 Å². The third kappa shape index (κ3) is 2.15. The van der Waals surface area contributed by atoms with Gasteiger partial charge in [0.15, 0.2) is 0 Å². The zero-order valence-corrected chi connectivity index (χ0v) is 11.4. The first-order valence-corrected chi connectivity index (χ1v) is 6.41. The molecular weight excluding hydrogens is 304 g/mol. The molecule has 0 bridgehead atoms. The van der Waals surface area contributed by atoms with Crippen molar-refractivity contribution in [2.45, 2.75) is 0 Å². The monoisotopic (exact) mass is 312 g/mol. The Hall–Kier alpha value is -3.48. The minimum absolute atomic E-state index is 0.138. The molecule has 1 aliphatic rings. The molecular formula is C16H8O7. The highest BCUT2D eigenvalue weighted by atomic mass is 16.6. The molecule has 0 radical (unpaired) electrons. The summed E-state index contributed by atoms with van der Waals surface area (Å²) in [6, 6.07) is 9.33. The third-order valence-corrected chi connectivity index (χ3v) is 3.45. The van der Waals surface area contributed by atoms with E-state index in [1.165, 1.54) is 0 Å². The molecule has 7 heteroatoms. The molecule has 1 aliphatic heterocycles. The molecule has 0 atom stereocenters. The molecule has 0 saturated heterocycles. The summed E-state index contributed by atoms with van der Waals surface area (Å²) in [5, 5.41) is 18.5. The zero-order valence-electron chi connectivity index (χ0n) is 11.4. The van der Waals surface area contributed by atoms with Gasteiger partial charge < -0.3 is 14.9 Å². The number of carbonyl (C=O) groups excluding carboxylic acids is 2. The summed E-state index contributed by atoms with van der Waals surface area (Å²) in [5.74, 6) is -5.30. The number of hydrogen-bond donors (Lipinski definition) is 2. The van der Waals surface area contributed by atoms with E-state index >= 15 is 0 Å². The van der Waals surface area contributed by atoms with E-state index in [0.29, 0.717) is 5.56 Å². The van der Waals surface area contributed by atoms with Crippen LogP contribution in [0.25, 0.3) is 11.1 Å². The minimum Gasteiger partial charge on any atom is -0.478 e. The predicted molar refractivity (Wildman–Crippen MR) is 75.5 cm³/mol. The number of carboxylic acids is 2. The number of esters is 2. The molecule has 23 heavy (non-hydrogen) atoms. The Morgan fingerprint density at radius 2 is 1.48 bits per heavy atom. The number of hydrogen-bond acceptors (Lipinski definition) is 5. The zero-order chi connectivity index (χ0) is 16.7. The van der Waals surface area contributed by atoms with Gasteiger partial charge in [0.1, 0.15) is 0 Å². The van der Waals surface area contributed by atoms with E-state index in [0.717, 1.165) is 6.07 Å². The summed E-state index contributed by atoms with van der Waals surface area (Å²) >= 11 is 0. The van der Waals surface area contributed by atoms with Gasteiger partial charge in [0, 0.05) is 0 Å². The number of fused-ring (bicyclic) bond motifs is 1. The van der Waals surface area contributed by atoms with Crippen LogP contribution in [0.3, 0.4) is 0 Å². The number of benzene rings is 2. The van der Waals surface area contributed by atoms with Gasteiger partial charge in [-0.15, -0.1) is 0 Å². The van der Waals surface area contributed by atoms with Crippen molar-refractivity contribution in [1.82, 2.24) is 0 Å². The highest BCUT2D eigenvalue weighted by Crippen LogP contribution is 2.35. The topological polar surface area (TPSA) is 118 Å². The van der Waals surface area contributed by atoms with E-state index in [4.69, 9.17) is 0 Å². The molecule has 0 unspecified atom stereocenters. The second-order valence-electron chi connectivity index (χ2n) is 4.75. The van der Waals surface area contributed by atoms with Crippen molar-refractivity contribution in [3.63, 3.8) is 0 Å². The Labute approximate surface area is 128 Å². The Bertz CT molecular complexity index is 881. The fourth-order valence-electron chi connectivity index (χ4n) is 2.52. The maximum Gasteiger partial charge on any atom is 0.347 e. The van der Waals surface area contributed by atoms with Crippen LogP contribution >= 0.6 is 0 Å². The van der Waals surface area contributed by atoms with Crippen molar-refractivity contribution in [2.24, 2.45) is 0 Å². The maximum atomic E-state index is 11.9. The first-order chi connectivity index (χ1) is 10.9. The Morgan fingerprint density at radius 3 is 2.04 bits per heavy atom. The predicted octanol–water partition coefficient (Wildman–Crippen LogP) is 2.06. The van der Waals surface area contributed by atoms with E-state index < -0.39 is 40.6 Å². The minimum atomic E-state index is -1.62. The number of ether oxygens (including phenoxy) is 1. The molecule has 0 amide bonds. The molecule has 114 valence electrons. The second-order valence-corrected chi connectivity index (χ2v) is 4.75. The van der Waals surface area contributed by atoms with Crippen LogP contribution in [0, 0.1) is 0 Å². The first kappa shape index (κ1) is 14.5. The molecule has 2 aromatic carbocycles. The van der Waals surface area contributed by atoms with Gasteiger partial charge in [-0.2, -0.15) is 0 Å². The Balaban J connectivity index is 2.47. The van der Waals surface area contributed by atoms with Gasteiger partial charge in [-0.1, -0.05) is 30.3 Å². The lowest BCUT2D eigenvalue weighted by Crippen LogP contribution is -2.15. The average molecular weight is 312 g/mol. The smallest absolute Gasteiger partial charge is 0.347 e.